The lowest BCUT2D eigenvalue weighted by atomic mass is 10.1. The van der Waals surface area contributed by atoms with E-state index in [0.717, 1.165) is 36.3 Å². The van der Waals surface area contributed by atoms with Gasteiger partial charge in [0.2, 0.25) is 0 Å². The second kappa shape index (κ2) is 10.6. The van der Waals surface area contributed by atoms with Gasteiger partial charge in [-0.1, -0.05) is 41.8 Å². The fraction of sp³-hybridized carbons (Fsp3) is 0.269. The van der Waals surface area contributed by atoms with Crippen molar-refractivity contribution in [2.75, 3.05) is 11.5 Å². The van der Waals surface area contributed by atoms with Crippen LogP contribution in [0.3, 0.4) is 0 Å². The Kier molecular flexibility index (Phi) is 7.63. The van der Waals surface area contributed by atoms with Crippen molar-refractivity contribution in [3.63, 3.8) is 0 Å². The van der Waals surface area contributed by atoms with Gasteiger partial charge in [-0.15, -0.1) is 0 Å². The van der Waals surface area contributed by atoms with Crippen LogP contribution in [0.4, 0.5) is 17.1 Å². The number of aryl methyl sites for hydroxylation is 2. The van der Waals surface area contributed by atoms with Gasteiger partial charge in [0.25, 0.3) is 0 Å². The molecule has 0 aliphatic carbocycles. The highest BCUT2D eigenvalue weighted by atomic mass is 16.5. The number of esters is 1. The second-order valence-electron chi connectivity index (χ2n) is 7.51. The SMILES string of the molecule is Cc1ccc(N(c2ccc(C)cc2)c2ccc(OC(=O)CCCCCO)cc2)cc1. The Morgan fingerprint density at radius 2 is 1.20 bits per heavy atom. The summed E-state index contributed by atoms with van der Waals surface area (Å²) in [5.41, 5.74) is 5.55. The molecule has 1 N–H and O–H groups in total. The highest BCUT2D eigenvalue weighted by Crippen LogP contribution is 2.35. The average Bonchev–Trinajstić information content (AvgIpc) is 2.75. The molecule has 0 spiro atoms. The molecule has 4 heteroatoms. The number of carbonyl (C=O) groups excluding carboxylic acids is 1. The van der Waals surface area contributed by atoms with Crippen molar-refractivity contribution in [3.8, 4) is 5.75 Å². The molecule has 156 valence electrons. The molecule has 0 bridgehead atoms. The molecule has 0 radical (unpaired) electrons. The number of benzene rings is 3. The van der Waals surface area contributed by atoms with E-state index in [1.165, 1.54) is 11.1 Å². The summed E-state index contributed by atoms with van der Waals surface area (Å²) in [4.78, 5) is 14.2. The first-order valence-corrected chi connectivity index (χ1v) is 10.4. The molecule has 0 heterocycles. The molecule has 30 heavy (non-hydrogen) atoms. The van der Waals surface area contributed by atoms with Crippen LogP contribution < -0.4 is 9.64 Å². The van der Waals surface area contributed by atoms with Gasteiger partial charge in [0.1, 0.15) is 5.75 Å². The minimum atomic E-state index is -0.241. The van der Waals surface area contributed by atoms with Crippen LogP contribution >= 0.6 is 0 Å². The number of nitrogens with zero attached hydrogens (tertiary/aromatic N) is 1. The van der Waals surface area contributed by atoms with Gasteiger partial charge in [0, 0.05) is 30.1 Å². The lowest BCUT2D eigenvalue weighted by Gasteiger charge is -2.26. The van der Waals surface area contributed by atoms with E-state index < -0.39 is 0 Å². The van der Waals surface area contributed by atoms with Gasteiger partial charge < -0.3 is 14.7 Å². The van der Waals surface area contributed by atoms with E-state index in [1.54, 1.807) is 0 Å². The lowest BCUT2D eigenvalue weighted by molar-refractivity contribution is -0.134. The van der Waals surface area contributed by atoms with E-state index in [0.29, 0.717) is 12.2 Å². The Hall–Kier alpha value is -3.11. The molecule has 0 saturated carbocycles. The maximum Gasteiger partial charge on any atom is 0.311 e. The van der Waals surface area contributed by atoms with E-state index in [-0.39, 0.29) is 12.6 Å². The van der Waals surface area contributed by atoms with Gasteiger partial charge in [-0.25, -0.2) is 0 Å². The smallest absolute Gasteiger partial charge is 0.311 e. The molecule has 0 aliphatic rings. The predicted octanol–water partition coefficient (Wildman–Crippen LogP) is 6.23. The van der Waals surface area contributed by atoms with Gasteiger partial charge in [-0.2, -0.15) is 0 Å². The van der Waals surface area contributed by atoms with Gasteiger partial charge in [0.05, 0.1) is 0 Å². The normalized spacial score (nSPS) is 10.6. The van der Waals surface area contributed by atoms with Crippen LogP contribution in [-0.2, 0) is 4.79 Å². The standard InChI is InChI=1S/C26H29NO3/c1-20-7-11-22(12-8-20)27(23-13-9-21(2)10-14-23)24-15-17-25(18-16-24)30-26(29)6-4-3-5-19-28/h7-18,28H,3-6,19H2,1-2H3. The first kappa shape index (κ1) is 21.6. The Morgan fingerprint density at radius 3 is 1.67 bits per heavy atom. The van der Waals surface area contributed by atoms with Crippen LogP contribution in [0, 0.1) is 13.8 Å². The molecule has 3 rings (SSSR count). The quantitative estimate of drug-likeness (QED) is 0.261. The Labute approximate surface area is 178 Å². The summed E-state index contributed by atoms with van der Waals surface area (Å²) in [6, 6.07) is 24.4. The zero-order valence-electron chi connectivity index (χ0n) is 17.7. The number of carbonyl (C=O) groups is 1. The monoisotopic (exact) mass is 403 g/mol. The third kappa shape index (κ3) is 5.94. The number of hydrogen-bond acceptors (Lipinski definition) is 4. The molecule has 0 aromatic heterocycles. The molecule has 3 aromatic rings. The molecule has 0 saturated heterocycles. The summed E-state index contributed by atoms with van der Waals surface area (Å²) in [5.74, 6) is 0.299. The van der Waals surface area contributed by atoms with Gasteiger partial charge in [-0.3, -0.25) is 4.79 Å². The van der Waals surface area contributed by atoms with Crippen molar-refractivity contribution in [2.24, 2.45) is 0 Å². The zero-order chi connectivity index (χ0) is 21.3. The molecule has 4 nitrogen and oxygen atoms in total. The van der Waals surface area contributed by atoms with Crippen LogP contribution in [0.5, 0.6) is 5.75 Å². The highest BCUT2D eigenvalue weighted by molar-refractivity contribution is 5.77. The zero-order valence-corrected chi connectivity index (χ0v) is 17.7. The lowest BCUT2D eigenvalue weighted by Crippen LogP contribution is -2.10. The summed E-state index contributed by atoms with van der Waals surface area (Å²) < 4.78 is 5.45. The topological polar surface area (TPSA) is 49.8 Å². The Balaban J connectivity index is 1.78. The number of unbranched alkanes of at least 4 members (excludes halogenated alkanes) is 2. The number of aliphatic hydroxyl groups excluding tert-OH is 1. The van der Waals surface area contributed by atoms with E-state index in [4.69, 9.17) is 9.84 Å². The summed E-state index contributed by atoms with van der Waals surface area (Å²) in [6.07, 6.45) is 2.63. The number of anilines is 3. The number of hydrogen-bond donors (Lipinski definition) is 1. The summed E-state index contributed by atoms with van der Waals surface area (Å²) in [5, 5.41) is 8.81. The first-order chi connectivity index (χ1) is 14.6. The third-order valence-corrected chi connectivity index (χ3v) is 4.95. The van der Waals surface area contributed by atoms with Crippen LogP contribution in [-0.4, -0.2) is 17.7 Å². The van der Waals surface area contributed by atoms with E-state index in [9.17, 15) is 4.79 Å². The van der Waals surface area contributed by atoms with E-state index in [2.05, 4.69) is 67.3 Å². The van der Waals surface area contributed by atoms with E-state index in [1.807, 2.05) is 24.3 Å². The number of aliphatic hydroxyl groups is 1. The molecule has 0 atom stereocenters. The van der Waals surface area contributed by atoms with Gasteiger partial charge in [0.15, 0.2) is 0 Å². The van der Waals surface area contributed by atoms with Crippen molar-refractivity contribution < 1.29 is 14.6 Å². The largest absolute Gasteiger partial charge is 0.427 e. The number of ether oxygens (including phenoxy) is 1. The minimum absolute atomic E-state index is 0.162. The summed E-state index contributed by atoms with van der Waals surface area (Å²) in [7, 11) is 0. The van der Waals surface area contributed by atoms with Crippen LogP contribution in [0.25, 0.3) is 0 Å². The molecule has 0 amide bonds. The molecule has 0 aliphatic heterocycles. The second-order valence-corrected chi connectivity index (χ2v) is 7.51. The van der Waals surface area contributed by atoms with Crippen molar-refractivity contribution >= 4 is 23.0 Å². The summed E-state index contributed by atoms with van der Waals surface area (Å²) >= 11 is 0. The van der Waals surface area contributed by atoms with Gasteiger partial charge >= 0.3 is 5.97 Å². The Bertz CT molecular complexity index is 886. The average molecular weight is 404 g/mol. The molecule has 0 fully saturated rings. The Morgan fingerprint density at radius 1 is 0.733 bits per heavy atom. The summed E-state index contributed by atoms with van der Waals surface area (Å²) in [6.45, 7) is 4.31. The fourth-order valence-corrected chi connectivity index (χ4v) is 3.24. The van der Waals surface area contributed by atoms with Crippen molar-refractivity contribution in [1.29, 1.82) is 0 Å². The van der Waals surface area contributed by atoms with Crippen LogP contribution in [0.2, 0.25) is 0 Å². The third-order valence-electron chi connectivity index (χ3n) is 4.95. The van der Waals surface area contributed by atoms with Crippen LogP contribution in [0.15, 0.2) is 72.8 Å². The van der Waals surface area contributed by atoms with E-state index >= 15 is 0 Å². The fourth-order valence-electron chi connectivity index (χ4n) is 3.24. The maximum absolute atomic E-state index is 12.0. The molecular weight excluding hydrogens is 374 g/mol. The first-order valence-electron chi connectivity index (χ1n) is 10.4. The molecule has 0 unspecified atom stereocenters. The van der Waals surface area contributed by atoms with Crippen molar-refractivity contribution in [3.05, 3.63) is 83.9 Å². The maximum atomic E-state index is 12.0. The highest BCUT2D eigenvalue weighted by Gasteiger charge is 2.13. The predicted molar refractivity (Wildman–Crippen MR) is 122 cm³/mol. The van der Waals surface area contributed by atoms with Crippen LogP contribution in [0.1, 0.15) is 36.8 Å². The molecule has 3 aromatic carbocycles. The molecular formula is C26H29NO3. The number of rotatable bonds is 9. The van der Waals surface area contributed by atoms with Gasteiger partial charge in [-0.05, 0) is 75.2 Å². The van der Waals surface area contributed by atoms with Crippen molar-refractivity contribution in [2.45, 2.75) is 39.5 Å². The van der Waals surface area contributed by atoms with Crippen molar-refractivity contribution in [1.82, 2.24) is 0 Å². The minimum Gasteiger partial charge on any atom is -0.427 e.